The van der Waals surface area contributed by atoms with Crippen LogP contribution in [0.4, 0.5) is 18.0 Å². The van der Waals surface area contributed by atoms with Gasteiger partial charge in [0, 0.05) is 6.54 Å². The molecule has 1 N–H and O–H groups in total. The number of carboxylic acid groups (broad SMARTS) is 1. The SMILES string of the molecule is O=C([O-])NCc1ccc2c(c1)CCC(C(F)(F)F)O2. The number of hydrogen-bond donors (Lipinski definition) is 1. The summed E-state index contributed by atoms with van der Waals surface area (Å²) in [5.41, 5.74) is 1.30. The van der Waals surface area contributed by atoms with E-state index in [2.05, 4.69) is 5.32 Å². The molecule has 1 heterocycles. The average Bonchev–Trinajstić information content (AvgIpc) is 2.34. The van der Waals surface area contributed by atoms with E-state index in [0.29, 0.717) is 11.1 Å². The van der Waals surface area contributed by atoms with Crippen molar-refractivity contribution in [2.45, 2.75) is 31.7 Å². The van der Waals surface area contributed by atoms with Crippen molar-refractivity contribution in [2.24, 2.45) is 0 Å². The highest BCUT2D eigenvalue weighted by atomic mass is 19.4. The molecule has 104 valence electrons. The Labute approximate surface area is 107 Å². The van der Waals surface area contributed by atoms with Gasteiger partial charge in [0.1, 0.15) is 11.8 Å². The lowest BCUT2D eigenvalue weighted by Crippen LogP contribution is -2.37. The molecule has 0 spiro atoms. The van der Waals surface area contributed by atoms with Crippen molar-refractivity contribution < 1.29 is 27.8 Å². The fourth-order valence-corrected chi connectivity index (χ4v) is 1.96. The number of ether oxygens (including phenoxy) is 1. The predicted octanol–water partition coefficient (Wildman–Crippen LogP) is 1.38. The molecule has 0 aromatic heterocycles. The molecule has 0 fully saturated rings. The van der Waals surface area contributed by atoms with Gasteiger partial charge in [-0.15, -0.1) is 0 Å². The number of amides is 1. The summed E-state index contributed by atoms with van der Waals surface area (Å²) in [6, 6.07) is 4.59. The second kappa shape index (κ2) is 4.99. The van der Waals surface area contributed by atoms with Crippen LogP contribution in [0.15, 0.2) is 18.2 Å². The van der Waals surface area contributed by atoms with Gasteiger partial charge in [-0.05, 0) is 30.0 Å². The van der Waals surface area contributed by atoms with Gasteiger partial charge in [-0.2, -0.15) is 13.2 Å². The lowest BCUT2D eigenvalue weighted by Gasteiger charge is -2.28. The summed E-state index contributed by atoms with van der Waals surface area (Å²) < 4.78 is 42.5. The van der Waals surface area contributed by atoms with Crippen LogP contribution in [-0.4, -0.2) is 18.4 Å². The van der Waals surface area contributed by atoms with Gasteiger partial charge in [-0.25, -0.2) is 0 Å². The number of carbonyl (C=O) groups excluding carboxylic acids is 1. The summed E-state index contributed by atoms with van der Waals surface area (Å²) in [6.07, 6.45) is -7.42. The number of benzene rings is 1. The minimum atomic E-state index is -4.37. The highest BCUT2D eigenvalue weighted by Crippen LogP contribution is 2.35. The van der Waals surface area contributed by atoms with Gasteiger partial charge in [-0.3, -0.25) is 0 Å². The van der Waals surface area contributed by atoms with E-state index in [1.807, 2.05) is 0 Å². The van der Waals surface area contributed by atoms with Gasteiger partial charge in [0.25, 0.3) is 0 Å². The average molecular weight is 274 g/mol. The Hall–Kier alpha value is -1.92. The Morgan fingerprint density at radius 1 is 1.47 bits per heavy atom. The first-order valence-electron chi connectivity index (χ1n) is 5.66. The third-order valence-electron chi connectivity index (χ3n) is 2.87. The number of aryl methyl sites for hydroxylation is 1. The number of carbonyl (C=O) groups is 1. The van der Waals surface area contributed by atoms with Crippen molar-refractivity contribution >= 4 is 6.09 Å². The van der Waals surface area contributed by atoms with Crippen LogP contribution in [0.25, 0.3) is 0 Å². The number of rotatable bonds is 2. The lowest BCUT2D eigenvalue weighted by atomic mass is 9.99. The zero-order valence-electron chi connectivity index (χ0n) is 9.79. The highest BCUT2D eigenvalue weighted by Gasteiger charge is 2.43. The maximum absolute atomic E-state index is 12.5. The van der Waals surface area contributed by atoms with Crippen LogP contribution in [0.1, 0.15) is 17.5 Å². The van der Waals surface area contributed by atoms with Crippen molar-refractivity contribution in [1.29, 1.82) is 0 Å². The van der Waals surface area contributed by atoms with Crippen LogP contribution in [0.5, 0.6) is 5.75 Å². The van der Waals surface area contributed by atoms with Gasteiger partial charge in [0.2, 0.25) is 0 Å². The Balaban J connectivity index is 2.10. The van der Waals surface area contributed by atoms with E-state index < -0.39 is 18.4 Å². The fourth-order valence-electron chi connectivity index (χ4n) is 1.96. The highest BCUT2D eigenvalue weighted by molar-refractivity contribution is 5.61. The van der Waals surface area contributed by atoms with Gasteiger partial charge in [0.15, 0.2) is 6.10 Å². The van der Waals surface area contributed by atoms with E-state index in [1.54, 1.807) is 6.07 Å². The molecule has 0 saturated heterocycles. The third-order valence-corrected chi connectivity index (χ3v) is 2.87. The molecular weight excluding hydrogens is 263 g/mol. The largest absolute Gasteiger partial charge is 0.530 e. The van der Waals surface area contributed by atoms with E-state index in [-0.39, 0.29) is 25.1 Å². The number of nitrogens with one attached hydrogen (secondary N) is 1. The Kier molecular flexibility index (Phi) is 3.55. The lowest BCUT2D eigenvalue weighted by molar-refractivity contribution is -0.251. The normalized spacial score (nSPS) is 18.4. The Morgan fingerprint density at radius 2 is 2.21 bits per heavy atom. The minimum absolute atomic E-state index is 0.0539. The van der Waals surface area contributed by atoms with Crippen LogP contribution in [-0.2, 0) is 13.0 Å². The van der Waals surface area contributed by atoms with Crippen LogP contribution in [0.2, 0.25) is 0 Å². The van der Waals surface area contributed by atoms with Gasteiger partial charge in [0.05, 0.1) is 0 Å². The van der Waals surface area contributed by atoms with Crippen LogP contribution in [0.3, 0.4) is 0 Å². The first-order chi connectivity index (χ1) is 8.86. The standard InChI is InChI=1S/C12H12F3NO3/c13-12(14,15)10-4-2-8-5-7(6-16-11(17)18)1-3-9(8)19-10/h1,3,5,10,16H,2,4,6H2,(H,17,18)/p-1. The van der Waals surface area contributed by atoms with Crippen molar-refractivity contribution in [3.05, 3.63) is 29.3 Å². The first-order valence-corrected chi connectivity index (χ1v) is 5.66. The van der Waals surface area contributed by atoms with Crippen molar-refractivity contribution in [2.75, 3.05) is 0 Å². The zero-order valence-corrected chi connectivity index (χ0v) is 9.79. The summed E-state index contributed by atoms with van der Waals surface area (Å²) in [7, 11) is 0. The summed E-state index contributed by atoms with van der Waals surface area (Å²) >= 11 is 0. The summed E-state index contributed by atoms with van der Waals surface area (Å²) in [4.78, 5) is 10.2. The molecular formula is C12H11F3NO3-. The molecule has 19 heavy (non-hydrogen) atoms. The molecule has 1 aliphatic heterocycles. The number of hydrogen-bond acceptors (Lipinski definition) is 3. The molecule has 0 radical (unpaired) electrons. The van der Waals surface area contributed by atoms with Crippen LogP contribution in [0, 0.1) is 0 Å². The van der Waals surface area contributed by atoms with Crippen molar-refractivity contribution in [1.82, 2.24) is 5.32 Å². The molecule has 0 saturated carbocycles. The van der Waals surface area contributed by atoms with E-state index >= 15 is 0 Å². The Morgan fingerprint density at radius 3 is 2.84 bits per heavy atom. The molecule has 0 aliphatic carbocycles. The summed E-state index contributed by atoms with van der Waals surface area (Å²) in [5, 5.41) is 12.3. The van der Waals surface area contributed by atoms with E-state index in [9.17, 15) is 23.1 Å². The van der Waals surface area contributed by atoms with E-state index in [1.165, 1.54) is 12.1 Å². The monoisotopic (exact) mass is 274 g/mol. The van der Waals surface area contributed by atoms with Crippen molar-refractivity contribution in [3.63, 3.8) is 0 Å². The minimum Gasteiger partial charge on any atom is -0.530 e. The second-order valence-corrected chi connectivity index (χ2v) is 4.27. The third kappa shape index (κ3) is 3.30. The van der Waals surface area contributed by atoms with E-state index in [0.717, 1.165) is 0 Å². The smallest absolute Gasteiger partial charge is 0.425 e. The molecule has 1 amide bonds. The van der Waals surface area contributed by atoms with Gasteiger partial charge < -0.3 is 20.0 Å². The summed E-state index contributed by atoms with van der Waals surface area (Å²) in [6.45, 7) is 0.0539. The van der Waals surface area contributed by atoms with E-state index in [4.69, 9.17) is 4.74 Å². The zero-order chi connectivity index (χ0) is 14.0. The molecule has 2 rings (SSSR count). The fraction of sp³-hybridized carbons (Fsp3) is 0.417. The van der Waals surface area contributed by atoms with Crippen LogP contribution < -0.4 is 15.2 Å². The molecule has 1 aliphatic rings. The molecule has 1 aromatic rings. The Bertz CT molecular complexity index is 488. The first kappa shape index (κ1) is 13.5. The maximum atomic E-state index is 12.5. The van der Waals surface area contributed by atoms with Gasteiger partial charge >= 0.3 is 6.18 Å². The number of alkyl halides is 3. The second-order valence-electron chi connectivity index (χ2n) is 4.27. The molecule has 0 bridgehead atoms. The van der Waals surface area contributed by atoms with Crippen molar-refractivity contribution in [3.8, 4) is 5.75 Å². The maximum Gasteiger partial charge on any atom is 0.425 e. The number of halogens is 3. The predicted molar refractivity (Wildman–Crippen MR) is 57.5 cm³/mol. The number of fused-ring (bicyclic) bond motifs is 1. The molecule has 7 heteroatoms. The quantitative estimate of drug-likeness (QED) is 0.886. The molecule has 1 unspecified atom stereocenters. The molecule has 1 aromatic carbocycles. The topological polar surface area (TPSA) is 61.4 Å². The molecule has 4 nitrogen and oxygen atoms in total. The molecule has 1 atom stereocenters. The van der Waals surface area contributed by atoms with Crippen LogP contribution >= 0.6 is 0 Å². The van der Waals surface area contributed by atoms with Gasteiger partial charge in [-0.1, -0.05) is 12.1 Å². The summed E-state index contributed by atoms with van der Waals surface area (Å²) in [5.74, 6) is 0.200.